The molecular formula is C30H51IMgO3. The van der Waals surface area contributed by atoms with Crippen LogP contribution in [0.2, 0.25) is 0 Å². The van der Waals surface area contributed by atoms with Crippen molar-refractivity contribution >= 4 is 23.1 Å². The molecule has 1 heterocycles. The third kappa shape index (κ3) is 5.05. The maximum absolute atomic E-state index is 14.0. The van der Waals surface area contributed by atoms with Crippen molar-refractivity contribution in [1.29, 1.82) is 0 Å². The third-order valence-corrected chi connectivity index (χ3v) is 12.2. The van der Waals surface area contributed by atoms with Crippen LogP contribution in [0, 0.1) is 52.3 Å². The van der Waals surface area contributed by atoms with Gasteiger partial charge in [-0.05, 0) is 111 Å². The zero-order valence-corrected chi connectivity index (χ0v) is 27.1. The summed E-state index contributed by atoms with van der Waals surface area (Å²) in [6, 6.07) is 0. The fourth-order valence-electron chi connectivity index (χ4n) is 10.3. The number of hydrogen-bond donors (Lipinski definition) is 0. The molecule has 1 saturated heterocycles. The molecule has 198 valence electrons. The topological polar surface area (TPSA) is 41.5 Å². The van der Waals surface area contributed by atoms with Crippen LogP contribution >= 0.6 is 0 Å². The van der Waals surface area contributed by atoms with E-state index >= 15 is 0 Å². The first-order valence-electron chi connectivity index (χ1n) is 14.5. The SMILES string of the molecule is CC(C)CCC[C@@H](C)[C@H]1CC[C@H]2[C@@H]3CC[C@H]4C[C@@]5(C)OCCO[C@@]5([O-])C[C@]4(C)[C@H]3CC[C@]12C.[I-].[Mg+2]. The first kappa shape index (κ1) is 30.9. The summed E-state index contributed by atoms with van der Waals surface area (Å²) < 4.78 is 12.1. The Kier molecular flexibility index (Phi) is 9.80. The third-order valence-electron chi connectivity index (χ3n) is 12.2. The number of ether oxygens (including phenoxy) is 2. The van der Waals surface area contributed by atoms with Gasteiger partial charge in [0.1, 0.15) is 0 Å². The molecule has 0 unspecified atom stereocenters. The van der Waals surface area contributed by atoms with Gasteiger partial charge in [0, 0.05) is 5.79 Å². The molecule has 3 nitrogen and oxygen atoms in total. The van der Waals surface area contributed by atoms with Crippen LogP contribution in [0.3, 0.4) is 0 Å². The average molecular weight is 611 g/mol. The number of halogens is 1. The second-order valence-corrected chi connectivity index (χ2v) is 14.2. The molecule has 4 aliphatic carbocycles. The summed E-state index contributed by atoms with van der Waals surface area (Å²) in [7, 11) is 0. The van der Waals surface area contributed by atoms with Gasteiger partial charge < -0.3 is 38.6 Å². The first-order chi connectivity index (χ1) is 15.5. The maximum Gasteiger partial charge on any atom is 2.00 e. The van der Waals surface area contributed by atoms with Gasteiger partial charge in [0.15, 0.2) is 0 Å². The van der Waals surface area contributed by atoms with Crippen LogP contribution in [-0.4, -0.2) is 47.7 Å². The van der Waals surface area contributed by atoms with Crippen LogP contribution in [-0.2, 0) is 9.47 Å². The van der Waals surface area contributed by atoms with Crippen LogP contribution < -0.4 is 29.1 Å². The van der Waals surface area contributed by atoms with Gasteiger partial charge in [0.05, 0.1) is 18.8 Å². The van der Waals surface area contributed by atoms with Crippen LogP contribution in [0.15, 0.2) is 0 Å². The number of rotatable bonds is 5. The molecule has 0 aromatic rings. The van der Waals surface area contributed by atoms with Crippen molar-refractivity contribution in [1.82, 2.24) is 0 Å². The summed E-state index contributed by atoms with van der Waals surface area (Å²) in [4.78, 5) is 0. The van der Waals surface area contributed by atoms with Crippen molar-refractivity contribution in [2.24, 2.45) is 52.3 Å². The van der Waals surface area contributed by atoms with Crippen LogP contribution in [0.5, 0.6) is 0 Å². The van der Waals surface area contributed by atoms with Gasteiger partial charge in [-0.3, -0.25) is 0 Å². The minimum Gasteiger partial charge on any atom is -1.00 e. The molecule has 35 heavy (non-hydrogen) atoms. The second-order valence-electron chi connectivity index (χ2n) is 14.2. The van der Waals surface area contributed by atoms with Gasteiger partial charge in [-0.15, -0.1) is 0 Å². The van der Waals surface area contributed by atoms with Crippen molar-refractivity contribution in [3.05, 3.63) is 0 Å². The fourth-order valence-corrected chi connectivity index (χ4v) is 10.3. The molecule has 0 aromatic carbocycles. The van der Waals surface area contributed by atoms with Crippen molar-refractivity contribution in [2.75, 3.05) is 13.2 Å². The maximum atomic E-state index is 14.0. The molecule has 1 aliphatic heterocycles. The Hall–Kier alpha value is 1.38. The van der Waals surface area contributed by atoms with Crippen molar-refractivity contribution in [3.63, 3.8) is 0 Å². The predicted octanol–water partition coefficient (Wildman–Crippen LogP) is 3.20. The molecule has 10 atom stereocenters. The number of fused-ring (bicyclic) bond motifs is 6. The minimum absolute atomic E-state index is 0. The molecule has 0 amide bonds. The van der Waals surface area contributed by atoms with E-state index in [1.54, 1.807) is 0 Å². The minimum atomic E-state index is -1.36. The van der Waals surface area contributed by atoms with E-state index in [-0.39, 0.29) is 52.4 Å². The zero-order chi connectivity index (χ0) is 23.6. The summed E-state index contributed by atoms with van der Waals surface area (Å²) >= 11 is 0. The van der Waals surface area contributed by atoms with Crippen LogP contribution in [0.4, 0.5) is 0 Å². The summed E-state index contributed by atoms with van der Waals surface area (Å²) in [6.45, 7) is 15.5. The van der Waals surface area contributed by atoms with Gasteiger partial charge >= 0.3 is 23.1 Å². The number of hydrogen-bond acceptors (Lipinski definition) is 3. The average Bonchev–Trinajstić information content (AvgIpc) is 3.09. The van der Waals surface area contributed by atoms with Crippen LogP contribution in [0.25, 0.3) is 0 Å². The molecule has 0 spiro atoms. The molecule has 5 fully saturated rings. The quantitative estimate of drug-likeness (QED) is 0.355. The van der Waals surface area contributed by atoms with Gasteiger partial charge in [-0.1, -0.05) is 53.9 Å². The van der Waals surface area contributed by atoms with E-state index in [1.165, 1.54) is 57.8 Å². The van der Waals surface area contributed by atoms with Crippen LogP contribution in [0.1, 0.15) is 112 Å². The molecular weight excluding hydrogens is 560 g/mol. The van der Waals surface area contributed by atoms with Crippen molar-refractivity contribution in [2.45, 2.75) is 124 Å². The summed E-state index contributed by atoms with van der Waals surface area (Å²) in [6.07, 6.45) is 14.0. The van der Waals surface area contributed by atoms with E-state index in [4.69, 9.17) is 9.47 Å². The van der Waals surface area contributed by atoms with E-state index in [9.17, 15) is 5.11 Å². The largest absolute Gasteiger partial charge is 2.00 e. The van der Waals surface area contributed by atoms with E-state index < -0.39 is 11.4 Å². The van der Waals surface area contributed by atoms with E-state index in [0.717, 1.165) is 36.0 Å². The molecule has 0 radical (unpaired) electrons. The molecule has 4 saturated carbocycles. The van der Waals surface area contributed by atoms with Crippen molar-refractivity contribution < 1.29 is 38.6 Å². The Morgan fingerprint density at radius 1 is 0.857 bits per heavy atom. The molecule has 5 rings (SSSR count). The van der Waals surface area contributed by atoms with Gasteiger partial charge in [-0.25, -0.2) is 0 Å². The summed E-state index contributed by atoms with van der Waals surface area (Å²) in [5.41, 5.74) is -0.00706. The standard InChI is InChI=1S/C30H51O3.HI.Mg/c1-20(2)8-7-9-21(3)24-12-13-25-23-11-10-22-18-29(6)30(31,33-17-16-32-29)19-28(22,5)26(23)14-15-27(24,25)4;;/h20-26H,7-19H2,1-6H3;1H;/q-1;;+2/p-1/t21-,22+,23+,24-,25+,26+,27-,28+,29-,30+;;/m1../s1. The van der Waals surface area contributed by atoms with E-state index in [0.29, 0.717) is 36.9 Å². The Balaban J connectivity index is 0.00000171. The summed E-state index contributed by atoms with van der Waals surface area (Å²) in [5.74, 6) is 4.22. The predicted molar refractivity (Wildman–Crippen MR) is 137 cm³/mol. The molecule has 0 aromatic heterocycles. The zero-order valence-electron chi connectivity index (χ0n) is 23.5. The smallest absolute Gasteiger partial charge is 1.00 e. The first-order valence-corrected chi connectivity index (χ1v) is 14.5. The normalized spacial score (nSPS) is 49.5. The van der Waals surface area contributed by atoms with Gasteiger partial charge in [0.25, 0.3) is 0 Å². The monoisotopic (exact) mass is 610 g/mol. The molecule has 0 bridgehead atoms. The molecule has 5 heteroatoms. The Labute approximate surface area is 249 Å². The van der Waals surface area contributed by atoms with Gasteiger partial charge in [-0.2, -0.15) is 0 Å². The summed E-state index contributed by atoms with van der Waals surface area (Å²) in [5, 5.41) is 14.0. The molecule has 0 N–H and O–H groups in total. The van der Waals surface area contributed by atoms with E-state index in [1.807, 2.05) is 6.92 Å². The Morgan fingerprint density at radius 3 is 2.26 bits per heavy atom. The molecule has 5 aliphatic rings. The second kappa shape index (κ2) is 11.1. The Bertz CT molecular complexity index is 734. The van der Waals surface area contributed by atoms with E-state index in [2.05, 4.69) is 34.6 Å². The Morgan fingerprint density at radius 2 is 1.54 bits per heavy atom. The van der Waals surface area contributed by atoms with Gasteiger partial charge in [0.2, 0.25) is 0 Å². The fraction of sp³-hybridized carbons (Fsp3) is 1.00. The van der Waals surface area contributed by atoms with Crippen molar-refractivity contribution in [3.8, 4) is 0 Å².